The first-order valence-corrected chi connectivity index (χ1v) is 8.78. The molecule has 0 aliphatic heterocycles. The van der Waals surface area contributed by atoms with Crippen molar-refractivity contribution >= 4 is 40.5 Å². The van der Waals surface area contributed by atoms with E-state index in [4.69, 9.17) is 20.8 Å². The van der Waals surface area contributed by atoms with Crippen LogP contribution in [0, 0.1) is 0 Å². The molecule has 1 heterocycles. The van der Waals surface area contributed by atoms with Gasteiger partial charge in [0, 0.05) is 16.5 Å². The molecule has 0 saturated heterocycles. The second-order valence-corrected chi connectivity index (χ2v) is 6.35. The minimum atomic E-state index is -0.624. The molecule has 0 bridgehead atoms. The minimum absolute atomic E-state index is 0.345. The molecule has 0 fully saturated rings. The maximum atomic E-state index is 12.0. The van der Waals surface area contributed by atoms with E-state index < -0.39 is 11.9 Å². The van der Waals surface area contributed by atoms with Gasteiger partial charge in [0.05, 0.1) is 6.04 Å². The average molecular weight is 384 g/mol. The largest absolute Gasteiger partial charge is 0.459 e. The van der Waals surface area contributed by atoms with Crippen LogP contribution in [0.3, 0.4) is 0 Å². The summed E-state index contributed by atoms with van der Waals surface area (Å²) in [5.41, 5.74) is 1.45. The Morgan fingerprint density at radius 2 is 1.93 bits per heavy atom. The normalized spacial score (nSPS) is 12.2. The summed E-state index contributed by atoms with van der Waals surface area (Å²) in [5.74, 6) is -0.404. The smallest absolute Gasteiger partial charge is 0.331 e. The fourth-order valence-corrected chi connectivity index (χ4v) is 2.72. The summed E-state index contributed by atoms with van der Waals surface area (Å²) >= 11 is 6.00. The fraction of sp³-hybridized carbons (Fsp3) is 0.143. The van der Waals surface area contributed by atoms with Gasteiger partial charge in [-0.15, -0.1) is 0 Å². The number of furan rings is 1. The van der Waals surface area contributed by atoms with Crippen molar-refractivity contribution in [1.82, 2.24) is 5.32 Å². The summed E-state index contributed by atoms with van der Waals surface area (Å²) < 4.78 is 10.7. The quantitative estimate of drug-likeness (QED) is 0.502. The van der Waals surface area contributed by atoms with Crippen molar-refractivity contribution in [1.29, 1.82) is 0 Å². The predicted molar refractivity (Wildman–Crippen MR) is 104 cm³/mol. The molecule has 0 unspecified atom stereocenters. The molecule has 0 saturated carbocycles. The number of benzene rings is 2. The monoisotopic (exact) mass is 383 g/mol. The third kappa shape index (κ3) is 4.99. The van der Waals surface area contributed by atoms with E-state index in [9.17, 15) is 9.59 Å². The Morgan fingerprint density at radius 3 is 2.70 bits per heavy atom. The van der Waals surface area contributed by atoms with Crippen LogP contribution in [0.1, 0.15) is 24.3 Å². The number of nitrogens with one attached hydrogen (secondary N) is 1. The van der Waals surface area contributed by atoms with Crippen molar-refractivity contribution < 1.29 is 18.7 Å². The van der Waals surface area contributed by atoms with Crippen molar-refractivity contribution in [3.63, 3.8) is 0 Å². The lowest BCUT2D eigenvalue weighted by Gasteiger charge is -2.11. The Hall–Kier alpha value is -3.05. The summed E-state index contributed by atoms with van der Waals surface area (Å²) in [6, 6.07) is 16.2. The molecule has 1 N–H and O–H groups in total. The maximum absolute atomic E-state index is 12.0. The van der Waals surface area contributed by atoms with E-state index >= 15 is 0 Å². The number of rotatable bonds is 6. The van der Waals surface area contributed by atoms with Gasteiger partial charge in [-0.05, 0) is 36.8 Å². The fourth-order valence-electron chi connectivity index (χ4n) is 2.52. The van der Waals surface area contributed by atoms with Gasteiger partial charge in [-0.3, -0.25) is 4.79 Å². The highest BCUT2D eigenvalue weighted by molar-refractivity contribution is 6.32. The lowest BCUT2D eigenvalue weighted by molar-refractivity contribution is -0.144. The van der Waals surface area contributed by atoms with Gasteiger partial charge in [-0.2, -0.15) is 0 Å². The topological polar surface area (TPSA) is 68.5 Å². The van der Waals surface area contributed by atoms with E-state index in [-0.39, 0.29) is 12.6 Å². The molecule has 3 aromatic rings. The Balaban J connectivity index is 1.50. The van der Waals surface area contributed by atoms with Gasteiger partial charge < -0.3 is 14.5 Å². The van der Waals surface area contributed by atoms with E-state index in [0.717, 1.165) is 11.0 Å². The molecular weight excluding hydrogens is 366 g/mol. The van der Waals surface area contributed by atoms with Crippen molar-refractivity contribution in [3.8, 4) is 0 Å². The highest BCUT2D eigenvalue weighted by atomic mass is 35.5. The van der Waals surface area contributed by atoms with Gasteiger partial charge >= 0.3 is 5.97 Å². The minimum Gasteiger partial charge on any atom is -0.459 e. The number of carbonyl (C=O) groups excluding carboxylic acids is 2. The summed E-state index contributed by atoms with van der Waals surface area (Å²) in [4.78, 5) is 23.8. The van der Waals surface area contributed by atoms with Crippen LogP contribution in [0.25, 0.3) is 17.0 Å². The summed E-state index contributed by atoms with van der Waals surface area (Å²) in [7, 11) is 0. The zero-order valence-electron chi connectivity index (χ0n) is 14.6. The molecule has 5 nitrogen and oxygen atoms in total. The van der Waals surface area contributed by atoms with Crippen molar-refractivity contribution in [3.05, 3.63) is 77.0 Å². The molecule has 0 aliphatic carbocycles. The van der Waals surface area contributed by atoms with Crippen LogP contribution in [0.15, 0.2) is 65.1 Å². The van der Waals surface area contributed by atoms with Crippen LogP contribution >= 0.6 is 11.6 Å². The Kier molecular flexibility index (Phi) is 5.94. The highest BCUT2D eigenvalue weighted by Crippen LogP contribution is 2.23. The molecule has 1 atom stereocenters. The van der Waals surface area contributed by atoms with E-state index in [1.54, 1.807) is 31.2 Å². The number of hydrogen-bond donors (Lipinski definition) is 1. The van der Waals surface area contributed by atoms with Crippen molar-refractivity contribution in [2.45, 2.75) is 13.0 Å². The first-order valence-electron chi connectivity index (χ1n) is 8.40. The van der Waals surface area contributed by atoms with Gasteiger partial charge in [-0.1, -0.05) is 48.0 Å². The number of amides is 1. The van der Waals surface area contributed by atoms with Gasteiger partial charge in [0.25, 0.3) is 5.91 Å². The van der Waals surface area contributed by atoms with E-state index in [1.807, 2.05) is 36.4 Å². The van der Waals surface area contributed by atoms with Crippen LogP contribution in [0.2, 0.25) is 5.02 Å². The van der Waals surface area contributed by atoms with Crippen molar-refractivity contribution in [2.75, 3.05) is 6.61 Å². The molecule has 1 amide bonds. The molecule has 2 aromatic carbocycles. The van der Waals surface area contributed by atoms with Crippen LogP contribution in [-0.4, -0.2) is 18.5 Å². The number of hydrogen-bond acceptors (Lipinski definition) is 4. The molecule has 0 aliphatic rings. The second-order valence-electron chi connectivity index (χ2n) is 5.94. The number of para-hydroxylation sites is 1. The zero-order chi connectivity index (χ0) is 19.2. The summed E-state index contributed by atoms with van der Waals surface area (Å²) in [6.07, 6.45) is 2.77. The van der Waals surface area contributed by atoms with Gasteiger partial charge in [0.15, 0.2) is 6.61 Å². The molecule has 1 aromatic heterocycles. The van der Waals surface area contributed by atoms with Gasteiger partial charge in [-0.25, -0.2) is 4.79 Å². The van der Waals surface area contributed by atoms with E-state index in [2.05, 4.69) is 5.32 Å². The Bertz CT molecular complexity index is 960. The molecule has 0 spiro atoms. The summed E-state index contributed by atoms with van der Waals surface area (Å²) in [5, 5.41) is 4.23. The van der Waals surface area contributed by atoms with Crippen molar-refractivity contribution in [2.24, 2.45) is 0 Å². The SMILES string of the molecule is C[C@H](NC(=O)COC(=O)/C=C/c1ccccc1Cl)c1cc2ccccc2o1. The van der Waals surface area contributed by atoms with Gasteiger partial charge in [0.1, 0.15) is 11.3 Å². The van der Waals surface area contributed by atoms with Crippen LogP contribution < -0.4 is 5.32 Å². The lowest BCUT2D eigenvalue weighted by Crippen LogP contribution is -2.30. The second kappa shape index (κ2) is 8.56. The maximum Gasteiger partial charge on any atom is 0.331 e. The lowest BCUT2D eigenvalue weighted by atomic mass is 10.2. The number of ether oxygens (including phenoxy) is 1. The summed E-state index contributed by atoms with van der Waals surface area (Å²) in [6.45, 7) is 1.42. The highest BCUT2D eigenvalue weighted by Gasteiger charge is 2.15. The van der Waals surface area contributed by atoms with Crippen LogP contribution in [-0.2, 0) is 14.3 Å². The number of carbonyl (C=O) groups is 2. The molecule has 6 heteroatoms. The molecule has 3 rings (SSSR count). The van der Waals surface area contributed by atoms with Gasteiger partial charge in [0.2, 0.25) is 0 Å². The molecular formula is C21H18ClNO4. The van der Waals surface area contributed by atoms with Crippen LogP contribution in [0.4, 0.5) is 0 Å². The van der Waals surface area contributed by atoms with E-state index in [1.165, 1.54) is 6.08 Å². The first kappa shape index (κ1) is 18.7. The first-order chi connectivity index (χ1) is 13.0. The van der Waals surface area contributed by atoms with Crippen LogP contribution in [0.5, 0.6) is 0 Å². The third-order valence-corrected chi connectivity index (χ3v) is 4.24. The predicted octanol–water partition coefficient (Wildman–Crippen LogP) is 4.52. The number of halogens is 1. The zero-order valence-corrected chi connectivity index (χ0v) is 15.4. The molecule has 27 heavy (non-hydrogen) atoms. The Morgan fingerprint density at radius 1 is 1.19 bits per heavy atom. The average Bonchev–Trinajstić information content (AvgIpc) is 3.10. The molecule has 138 valence electrons. The number of fused-ring (bicyclic) bond motifs is 1. The van der Waals surface area contributed by atoms with E-state index in [0.29, 0.717) is 16.3 Å². The standard InChI is InChI=1S/C21H18ClNO4/c1-14(19-12-16-7-3-5-9-18(16)27-19)23-20(24)13-26-21(25)11-10-15-6-2-4-8-17(15)22/h2-12,14H,13H2,1H3,(H,23,24)/b11-10+/t14-/m0/s1. The Labute approximate surface area is 161 Å². The third-order valence-electron chi connectivity index (χ3n) is 3.90. The number of esters is 1. The molecule has 0 radical (unpaired) electrons.